The number of aromatic nitrogens is 2. The monoisotopic (exact) mass is 350 g/mol. The fourth-order valence-electron chi connectivity index (χ4n) is 3.55. The molecule has 0 amide bonds. The largest absolute Gasteiger partial charge is 0.328 e. The second kappa shape index (κ2) is 5.64. The highest BCUT2D eigenvalue weighted by molar-refractivity contribution is 9.09. The van der Waals surface area contributed by atoms with Crippen LogP contribution in [0.1, 0.15) is 43.0 Å². The van der Waals surface area contributed by atoms with Crippen LogP contribution in [0.5, 0.6) is 0 Å². The van der Waals surface area contributed by atoms with Crippen molar-refractivity contribution < 1.29 is 0 Å². The minimum atomic E-state index is 0.0414. The van der Waals surface area contributed by atoms with Crippen molar-refractivity contribution in [1.82, 2.24) is 9.13 Å². The first-order chi connectivity index (χ1) is 9.99. The van der Waals surface area contributed by atoms with Gasteiger partial charge in [0.2, 0.25) is 0 Å². The molecule has 1 unspecified atom stereocenters. The number of alkyl halides is 1. The molecule has 3 nitrogen and oxygen atoms in total. The van der Waals surface area contributed by atoms with Crippen molar-refractivity contribution in [3.05, 3.63) is 34.2 Å². The summed E-state index contributed by atoms with van der Waals surface area (Å²) < 4.78 is 3.45. The van der Waals surface area contributed by atoms with E-state index in [1.807, 2.05) is 14.1 Å². The second-order valence-electron chi connectivity index (χ2n) is 6.57. The third-order valence-corrected chi connectivity index (χ3v) is 6.37. The van der Waals surface area contributed by atoms with Crippen LogP contribution in [0.4, 0.5) is 0 Å². The van der Waals surface area contributed by atoms with Gasteiger partial charge in [0.25, 0.3) is 0 Å². The maximum absolute atomic E-state index is 12.0. The van der Waals surface area contributed by atoms with Crippen molar-refractivity contribution in [1.29, 1.82) is 0 Å². The van der Waals surface area contributed by atoms with Crippen molar-refractivity contribution in [3.8, 4) is 0 Å². The zero-order valence-electron chi connectivity index (χ0n) is 13.0. The predicted octanol–water partition coefficient (Wildman–Crippen LogP) is 4.14. The first kappa shape index (κ1) is 14.9. The molecule has 0 saturated heterocycles. The molecule has 0 radical (unpaired) electrons. The molecule has 4 heteroatoms. The van der Waals surface area contributed by atoms with Gasteiger partial charge < -0.3 is 0 Å². The molecule has 1 aliphatic rings. The van der Waals surface area contributed by atoms with Gasteiger partial charge in [0, 0.05) is 18.9 Å². The molecule has 1 aromatic heterocycles. The molecule has 1 atom stereocenters. The minimum Gasteiger partial charge on any atom is -0.295 e. The Hall–Kier alpha value is -1.03. The normalized spacial score (nSPS) is 24.4. The molecular weight excluding hydrogens is 328 g/mol. The molecule has 1 saturated carbocycles. The lowest BCUT2D eigenvalue weighted by molar-refractivity contribution is 0.287. The smallest absolute Gasteiger partial charge is 0.295 e. The van der Waals surface area contributed by atoms with Gasteiger partial charge in [-0.05, 0) is 42.4 Å². The van der Waals surface area contributed by atoms with Crippen LogP contribution >= 0.6 is 15.9 Å². The number of rotatable bonds is 2. The van der Waals surface area contributed by atoms with Gasteiger partial charge in [0.05, 0.1) is 11.0 Å². The lowest BCUT2D eigenvalue weighted by Gasteiger charge is -2.30. The van der Waals surface area contributed by atoms with Crippen LogP contribution in [0.3, 0.4) is 0 Å². The van der Waals surface area contributed by atoms with Gasteiger partial charge in [-0.15, -0.1) is 0 Å². The third-order valence-electron chi connectivity index (χ3n) is 5.09. The Kier molecular flexibility index (Phi) is 4.00. The van der Waals surface area contributed by atoms with E-state index in [9.17, 15) is 4.79 Å². The Labute approximate surface area is 134 Å². The lowest BCUT2D eigenvalue weighted by Crippen LogP contribution is -2.19. The molecule has 0 aliphatic heterocycles. The average Bonchev–Trinajstić information content (AvgIpc) is 2.72. The molecule has 0 N–H and O–H groups in total. The van der Waals surface area contributed by atoms with E-state index in [-0.39, 0.29) is 5.69 Å². The summed E-state index contributed by atoms with van der Waals surface area (Å²) in [6, 6.07) is 6.42. The summed E-state index contributed by atoms with van der Waals surface area (Å²) in [6.07, 6.45) is 5.25. The Bertz CT molecular complexity index is 707. The number of halogens is 1. The molecule has 0 bridgehead atoms. The van der Waals surface area contributed by atoms with Gasteiger partial charge in [-0.1, -0.05) is 41.8 Å². The maximum atomic E-state index is 12.0. The number of hydrogen-bond acceptors (Lipinski definition) is 1. The first-order valence-electron chi connectivity index (χ1n) is 7.78. The summed E-state index contributed by atoms with van der Waals surface area (Å²) in [5, 5.41) is 0. The molecule has 3 rings (SSSR count). The van der Waals surface area contributed by atoms with Crippen LogP contribution in [-0.4, -0.2) is 9.13 Å². The molecule has 1 aliphatic carbocycles. The van der Waals surface area contributed by atoms with Crippen LogP contribution in [-0.2, 0) is 14.1 Å². The van der Waals surface area contributed by atoms with Crippen molar-refractivity contribution in [3.63, 3.8) is 0 Å². The second-order valence-corrected chi connectivity index (χ2v) is 7.56. The molecule has 2 aromatic rings. The summed E-state index contributed by atoms with van der Waals surface area (Å²) in [7, 11) is 3.68. The van der Waals surface area contributed by atoms with Gasteiger partial charge in [0.1, 0.15) is 0 Å². The van der Waals surface area contributed by atoms with Gasteiger partial charge in [0.15, 0.2) is 0 Å². The number of nitrogens with zero attached hydrogens (tertiary/aromatic N) is 2. The number of aryl methyl sites for hydroxylation is 2. The Morgan fingerprint density at radius 3 is 2.38 bits per heavy atom. The van der Waals surface area contributed by atoms with E-state index in [1.54, 1.807) is 9.13 Å². The summed E-state index contributed by atoms with van der Waals surface area (Å²) in [5.41, 5.74) is 3.36. The molecule has 21 heavy (non-hydrogen) atoms. The van der Waals surface area contributed by atoms with E-state index < -0.39 is 0 Å². The number of hydrogen-bond donors (Lipinski definition) is 0. The van der Waals surface area contributed by atoms with Crippen molar-refractivity contribution in [2.75, 3.05) is 0 Å². The highest BCUT2D eigenvalue weighted by Gasteiger charge is 2.25. The standard InChI is InChI=1S/C17H23BrN2O/c1-11-4-6-12(7-5-11)16(18)13-8-9-14-15(10-13)20(3)17(21)19(14)2/h8-12,16H,4-7H2,1-3H3. The van der Waals surface area contributed by atoms with Crippen molar-refractivity contribution >= 4 is 27.0 Å². The topological polar surface area (TPSA) is 26.9 Å². The lowest BCUT2D eigenvalue weighted by atomic mass is 9.80. The van der Waals surface area contributed by atoms with E-state index in [4.69, 9.17) is 0 Å². The van der Waals surface area contributed by atoms with E-state index in [0.717, 1.165) is 17.0 Å². The van der Waals surface area contributed by atoms with Crippen molar-refractivity contribution in [2.24, 2.45) is 25.9 Å². The third kappa shape index (κ3) is 2.59. The van der Waals surface area contributed by atoms with E-state index >= 15 is 0 Å². The number of fused-ring (bicyclic) bond motifs is 1. The SMILES string of the molecule is CC1CCC(C(Br)c2ccc3c(c2)n(C)c(=O)n3C)CC1. The summed E-state index contributed by atoms with van der Waals surface area (Å²) >= 11 is 3.91. The molecule has 1 fully saturated rings. The fourth-order valence-corrected chi connectivity index (χ4v) is 4.36. The van der Waals surface area contributed by atoms with Crippen LogP contribution < -0.4 is 5.69 Å². The average molecular weight is 351 g/mol. The zero-order valence-corrected chi connectivity index (χ0v) is 14.6. The summed E-state index contributed by atoms with van der Waals surface area (Å²) in [4.78, 5) is 12.4. The van der Waals surface area contributed by atoms with Crippen LogP contribution in [0.25, 0.3) is 11.0 Å². The number of imidazole rings is 1. The minimum absolute atomic E-state index is 0.0414. The highest BCUT2D eigenvalue weighted by atomic mass is 79.9. The molecule has 0 spiro atoms. The first-order valence-corrected chi connectivity index (χ1v) is 8.70. The Balaban J connectivity index is 1.94. The van der Waals surface area contributed by atoms with Gasteiger partial charge in [-0.2, -0.15) is 0 Å². The van der Waals surface area contributed by atoms with Gasteiger partial charge >= 0.3 is 5.69 Å². The number of benzene rings is 1. The van der Waals surface area contributed by atoms with E-state index in [0.29, 0.717) is 10.7 Å². The van der Waals surface area contributed by atoms with Gasteiger partial charge in [-0.25, -0.2) is 4.79 Å². The Morgan fingerprint density at radius 2 is 1.71 bits per heavy atom. The fraction of sp³-hybridized carbons (Fsp3) is 0.588. The quantitative estimate of drug-likeness (QED) is 0.747. The van der Waals surface area contributed by atoms with Crippen LogP contribution in [0.15, 0.2) is 23.0 Å². The Morgan fingerprint density at radius 1 is 1.10 bits per heavy atom. The van der Waals surface area contributed by atoms with Crippen LogP contribution in [0, 0.1) is 11.8 Å². The van der Waals surface area contributed by atoms with Crippen molar-refractivity contribution in [2.45, 2.75) is 37.4 Å². The molecule has 114 valence electrons. The highest BCUT2D eigenvalue weighted by Crippen LogP contribution is 2.42. The van der Waals surface area contributed by atoms with E-state index in [1.165, 1.54) is 31.2 Å². The summed E-state index contributed by atoms with van der Waals surface area (Å²) in [6.45, 7) is 2.35. The maximum Gasteiger partial charge on any atom is 0.328 e. The van der Waals surface area contributed by atoms with Crippen LogP contribution in [0.2, 0.25) is 0 Å². The molecular formula is C17H23BrN2O. The van der Waals surface area contributed by atoms with E-state index in [2.05, 4.69) is 41.1 Å². The van der Waals surface area contributed by atoms with Gasteiger partial charge in [-0.3, -0.25) is 9.13 Å². The predicted molar refractivity (Wildman–Crippen MR) is 91.0 cm³/mol. The molecule has 1 heterocycles. The summed E-state index contributed by atoms with van der Waals surface area (Å²) in [5.74, 6) is 1.58. The zero-order chi connectivity index (χ0) is 15.1. The molecule has 1 aromatic carbocycles.